The standard InChI is InChI=1S/C29H28N2O2/c30-29-10-4-3-9-28(29)27-8-2-1-7-24(27)17-19-33-26-15-12-22(13-16-26)20-25(32)14-11-23-6-5-18-31-21-23/h1-10,12-13,15-16,18,21H,11,14,17,19-20,30H2. The fourth-order valence-electron chi connectivity index (χ4n) is 3.87. The van der Waals surface area contributed by atoms with Crippen LogP contribution < -0.4 is 10.5 Å². The van der Waals surface area contributed by atoms with Gasteiger partial charge < -0.3 is 10.5 Å². The number of nitrogens with zero attached hydrogens (tertiary/aromatic N) is 1. The molecule has 4 nitrogen and oxygen atoms in total. The molecule has 1 aromatic heterocycles. The molecular weight excluding hydrogens is 408 g/mol. The Balaban J connectivity index is 1.28. The van der Waals surface area contributed by atoms with E-state index in [-0.39, 0.29) is 5.78 Å². The minimum atomic E-state index is 0.226. The van der Waals surface area contributed by atoms with Gasteiger partial charge in [-0.25, -0.2) is 0 Å². The Bertz CT molecular complexity index is 1190. The molecule has 0 fully saturated rings. The Hall–Kier alpha value is -3.92. The van der Waals surface area contributed by atoms with Crippen molar-refractivity contribution in [2.45, 2.75) is 25.7 Å². The van der Waals surface area contributed by atoms with Crippen molar-refractivity contribution in [3.8, 4) is 16.9 Å². The summed E-state index contributed by atoms with van der Waals surface area (Å²) in [5, 5.41) is 0. The Kier molecular flexibility index (Phi) is 7.49. The molecule has 33 heavy (non-hydrogen) atoms. The SMILES string of the molecule is Nc1ccccc1-c1ccccc1CCOc1ccc(CC(=O)CCc2cccnc2)cc1. The number of pyridine rings is 1. The molecule has 3 aromatic carbocycles. The number of aryl methyl sites for hydroxylation is 1. The number of carbonyl (C=O) groups is 1. The predicted molar refractivity (Wildman–Crippen MR) is 133 cm³/mol. The van der Waals surface area contributed by atoms with Gasteiger partial charge in [-0.05, 0) is 52.9 Å². The van der Waals surface area contributed by atoms with Crippen LogP contribution in [0.2, 0.25) is 0 Å². The highest BCUT2D eigenvalue weighted by atomic mass is 16.5. The number of ether oxygens (including phenoxy) is 1. The third kappa shape index (κ3) is 6.30. The molecule has 0 radical (unpaired) electrons. The molecule has 166 valence electrons. The molecular formula is C29H28N2O2. The maximum absolute atomic E-state index is 12.3. The summed E-state index contributed by atoms with van der Waals surface area (Å²) in [6, 6.07) is 27.9. The summed E-state index contributed by atoms with van der Waals surface area (Å²) in [7, 11) is 0. The van der Waals surface area contributed by atoms with Crippen LogP contribution in [0.15, 0.2) is 97.3 Å². The monoisotopic (exact) mass is 436 g/mol. The van der Waals surface area contributed by atoms with Crippen molar-refractivity contribution in [1.29, 1.82) is 0 Å². The van der Waals surface area contributed by atoms with Gasteiger partial charge in [-0.1, -0.05) is 60.7 Å². The fraction of sp³-hybridized carbons (Fsp3) is 0.172. The second kappa shape index (κ2) is 11.1. The predicted octanol–water partition coefficient (Wildman–Crippen LogP) is 5.70. The Morgan fingerprint density at radius 1 is 0.788 bits per heavy atom. The van der Waals surface area contributed by atoms with Gasteiger partial charge in [0.1, 0.15) is 11.5 Å². The summed E-state index contributed by atoms with van der Waals surface area (Å²) in [6.45, 7) is 0.563. The van der Waals surface area contributed by atoms with Gasteiger partial charge in [0.25, 0.3) is 0 Å². The van der Waals surface area contributed by atoms with Crippen LogP contribution in [0.1, 0.15) is 23.1 Å². The van der Waals surface area contributed by atoms with E-state index in [2.05, 4.69) is 17.1 Å². The average Bonchev–Trinajstić information content (AvgIpc) is 2.85. The molecule has 0 aliphatic rings. The van der Waals surface area contributed by atoms with Crippen molar-refractivity contribution >= 4 is 11.5 Å². The number of nitrogen functional groups attached to an aromatic ring is 1. The van der Waals surface area contributed by atoms with Crippen LogP contribution in [0.4, 0.5) is 5.69 Å². The third-order valence-electron chi connectivity index (χ3n) is 5.65. The lowest BCUT2D eigenvalue weighted by Crippen LogP contribution is -2.05. The largest absolute Gasteiger partial charge is 0.493 e. The molecule has 0 atom stereocenters. The molecule has 4 heteroatoms. The van der Waals surface area contributed by atoms with Gasteiger partial charge in [-0.15, -0.1) is 0 Å². The van der Waals surface area contributed by atoms with Crippen molar-refractivity contribution < 1.29 is 9.53 Å². The highest BCUT2D eigenvalue weighted by Gasteiger charge is 2.08. The zero-order valence-corrected chi connectivity index (χ0v) is 18.6. The Morgan fingerprint density at radius 3 is 2.30 bits per heavy atom. The molecule has 4 aromatic rings. The summed E-state index contributed by atoms with van der Waals surface area (Å²) in [5.74, 6) is 1.03. The van der Waals surface area contributed by atoms with Gasteiger partial charge in [0.05, 0.1) is 6.61 Å². The third-order valence-corrected chi connectivity index (χ3v) is 5.65. The molecule has 1 heterocycles. The van der Waals surface area contributed by atoms with Gasteiger partial charge in [0.2, 0.25) is 0 Å². The molecule has 0 spiro atoms. The molecule has 0 saturated heterocycles. The van der Waals surface area contributed by atoms with Gasteiger partial charge in [-0.3, -0.25) is 9.78 Å². The maximum atomic E-state index is 12.3. The average molecular weight is 437 g/mol. The smallest absolute Gasteiger partial charge is 0.137 e. The lowest BCUT2D eigenvalue weighted by molar-refractivity contribution is -0.118. The number of anilines is 1. The summed E-state index contributed by atoms with van der Waals surface area (Å²) in [5.41, 5.74) is 12.4. The van der Waals surface area contributed by atoms with Crippen LogP contribution in [0.25, 0.3) is 11.1 Å². The molecule has 0 amide bonds. The second-order valence-electron chi connectivity index (χ2n) is 8.06. The minimum absolute atomic E-state index is 0.226. The summed E-state index contributed by atoms with van der Waals surface area (Å²) in [4.78, 5) is 16.4. The van der Waals surface area contributed by atoms with E-state index >= 15 is 0 Å². The van der Waals surface area contributed by atoms with Gasteiger partial charge in [0, 0.05) is 42.9 Å². The highest BCUT2D eigenvalue weighted by molar-refractivity contribution is 5.81. The van der Waals surface area contributed by atoms with Crippen molar-refractivity contribution in [2.24, 2.45) is 0 Å². The van der Waals surface area contributed by atoms with Crippen molar-refractivity contribution in [1.82, 2.24) is 4.98 Å². The molecule has 4 rings (SSSR count). The van der Waals surface area contributed by atoms with E-state index in [4.69, 9.17) is 10.5 Å². The molecule has 0 unspecified atom stereocenters. The summed E-state index contributed by atoms with van der Waals surface area (Å²) in [6.07, 6.45) is 6.02. The van der Waals surface area contributed by atoms with E-state index in [0.29, 0.717) is 19.4 Å². The van der Waals surface area contributed by atoms with E-state index < -0.39 is 0 Å². The molecule has 0 bridgehead atoms. The number of ketones is 1. The normalized spacial score (nSPS) is 10.7. The topological polar surface area (TPSA) is 65.2 Å². The van der Waals surface area contributed by atoms with Crippen LogP contribution in [0.3, 0.4) is 0 Å². The van der Waals surface area contributed by atoms with Crippen LogP contribution >= 0.6 is 0 Å². The zero-order chi connectivity index (χ0) is 22.9. The van der Waals surface area contributed by atoms with E-state index in [1.54, 1.807) is 6.20 Å². The number of carbonyl (C=O) groups excluding carboxylic acids is 1. The summed E-state index contributed by atoms with van der Waals surface area (Å²) < 4.78 is 5.97. The second-order valence-corrected chi connectivity index (χ2v) is 8.06. The van der Waals surface area contributed by atoms with Crippen LogP contribution in [-0.4, -0.2) is 17.4 Å². The first kappa shape index (κ1) is 22.3. The molecule has 0 aliphatic carbocycles. The lowest BCUT2D eigenvalue weighted by atomic mass is 9.97. The molecule has 0 aliphatic heterocycles. The minimum Gasteiger partial charge on any atom is -0.493 e. The highest BCUT2D eigenvalue weighted by Crippen LogP contribution is 2.29. The Labute approximate surface area is 195 Å². The maximum Gasteiger partial charge on any atom is 0.137 e. The van der Waals surface area contributed by atoms with Gasteiger partial charge >= 0.3 is 0 Å². The van der Waals surface area contributed by atoms with Crippen molar-refractivity contribution in [2.75, 3.05) is 12.3 Å². The number of rotatable bonds is 10. The van der Waals surface area contributed by atoms with Crippen LogP contribution in [-0.2, 0) is 24.1 Å². The van der Waals surface area contributed by atoms with E-state index in [1.807, 2.05) is 79.0 Å². The lowest BCUT2D eigenvalue weighted by Gasteiger charge is -2.13. The van der Waals surface area contributed by atoms with Crippen LogP contribution in [0.5, 0.6) is 5.75 Å². The number of Topliss-reactive ketones (excluding diaryl/α,β-unsaturated/α-hetero) is 1. The van der Waals surface area contributed by atoms with E-state index in [1.165, 1.54) is 5.56 Å². The first-order chi connectivity index (χ1) is 16.2. The number of hydrogen-bond acceptors (Lipinski definition) is 4. The first-order valence-corrected chi connectivity index (χ1v) is 11.2. The van der Waals surface area contributed by atoms with Crippen molar-refractivity contribution in [3.63, 3.8) is 0 Å². The fourth-order valence-corrected chi connectivity index (χ4v) is 3.87. The number of aromatic nitrogens is 1. The zero-order valence-electron chi connectivity index (χ0n) is 18.6. The summed E-state index contributed by atoms with van der Waals surface area (Å²) >= 11 is 0. The van der Waals surface area contributed by atoms with E-state index in [0.717, 1.165) is 46.5 Å². The molecule has 2 N–H and O–H groups in total. The number of hydrogen-bond donors (Lipinski definition) is 1. The van der Waals surface area contributed by atoms with E-state index in [9.17, 15) is 4.79 Å². The number of benzene rings is 3. The first-order valence-electron chi connectivity index (χ1n) is 11.2. The van der Waals surface area contributed by atoms with Gasteiger partial charge in [-0.2, -0.15) is 0 Å². The molecule has 0 saturated carbocycles. The number of para-hydroxylation sites is 1. The quantitative estimate of drug-likeness (QED) is 0.324. The van der Waals surface area contributed by atoms with Gasteiger partial charge in [0.15, 0.2) is 0 Å². The van der Waals surface area contributed by atoms with Crippen LogP contribution in [0, 0.1) is 0 Å². The Morgan fingerprint density at radius 2 is 1.55 bits per heavy atom. The number of nitrogens with two attached hydrogens (primary N) is 1. The van der Waals surface area contributed by atoms with Crippen molar-refractivity contribution in [3.05, 3.63) is 114 Å².